The average molecular weight is 220 g/mol. The first kappa shape index (κ1) is 11.3. The summed E-state index contributed by atoms with van der Waals surface area (Å²) in [5.41, 5.74) is 0.979. The molecule has 0 amide bonds. The van der Waals surface area contributed by atoms with Gasteiger partial charge in [-0.2, -0.15) is 0 Å². The lowest BCUT2D eigenvalue weighted by atomic mass is 10.1. The van der Waals surface area contributed by atoms with Crippen molar-refractivity contribution in [2.75, 3.05) is 31.5 Å². The average Bonchev–Trinajstić information content (AvgIpc) is 2.76. The molecule has 1 aromatic heterocycles. The van der Waals surface area contributed by atoms with Crippen molar-refractivity contribution in [2.24, 2.45) is 5.92 Å². The summed E-state index contributed by atoms with van der Waals surface area (Å²) in [7, 11) is 0. The van der Waals surface area contributed by atoms with Gasteiger partial charge in [0.25, 0.3) is 0 Å². The topological polar surface area (TPSA) is 41.0 Å². The molecule has 0 bridgehead atoms. The molecule has 0 aliphatic carbocycles. The monoisotopic (exact) mass is 220 g/mol. The summed E-state index contributed by atoms with van der Waals surface area (Å²) in [6.45, 7) is 8.84. The van der Waals surface area contributed by atoms with Gasteiger partial charge in [0.05, 0.1) is 5.69 Å². The van der Waals surface area contributed by atoms with E-state index in [1.165, 1.54) is 26.1 Å². The Morgan fingerprint density at radius 3 is 2.94 bits per heavy atom. The van der Waals surface area contributed by atoms with E-state index in [9.17, 15) is 0 Å². The van der Waals surface area contributed by atoms with Gasteiger partial charge in [0.2, 0.25) is 0 Å². The number of aromatic nitrogens is 2. The predicted molar refractivity (Wildman–Crippen MR) is 65.5 cm³/mol. The summed E-state index contributed by atoms with van der Waals surface area (Å²) in [6.07, 6.45) is 4.76. The van der Waals surface area contributed by atoms with E-state index in [0.29, 0.717) is 0 Å². The van der Waals surface area contributed by atoms with Gasteiger partial charge in [-0.3, -0.25) is 4.98 Å². The molecule has 0 spiro atoms. The molecule has 0 radical (unpaired) electrons. The Morgan fingerprint density at radius 2 is 2.25 bits per heavy atom. The number of nitrogens with one attached hydrogen (secondary N) is 1. The molecule has 16 heavy (non-hydrogen) atoms. The first-order valence-electron chi connectivity index (χ1n) is 6.03. The van der Waals surface area contributed by atoms with E-state index in [4.69, 9.17) is 0 Å². The van der Waals surface area contributed by atoms with Gasteiger partial charge in [-0.05, 0) is 32.4 Å². The van der Waals surface area contributed by atoms with Crippen molar-refractivity contribution < 1.29 is 0 Å². The van der Waals surface area contributed by atoms with Crippen LogP contribution in [0.15, 0.2) is 12.4 Å². The van der Waals surface area contributed by atoms with Crippen LogP contribution in [0.2, 0.25) is 0 Å². The molecule has 1 fully saturated rings. The fraction of sp³-hybridized carbons (Fsp3) is 0.667. The van der Waals surface area contributed by atoms with Gasteiger partial charge in [0.15, 0.2) is 0 Å². The molecule has 2 heterocycles. The van der Waals surface area contributed by atoms with E-state index < -0.39 is 0 Å². The maximum absolute atomic E-state index is 4.29. The summed E-state index contributed by atoms with van der Waals surface area (Å²) in [5, 5.41) is 3.40. The molecule has 1 saturated heterocycles. The highest BCUT2D eigenvalue weighted by Gasteiger charge is 2.20. The van der Waals surface area contributed by atoms with Crippen molar-refractivity contribution in [1.29, 1.82) is 0 Å². The number of nitrogens with zero attached hydrogens (tertiary/aromatic N) is 3. The van der Waals surface area contributed by atoms with Crippen LogP contribution in [0, 0.1) is 12.8 Å². The maximum Gasteiger partial charge on any atom is 0.147 e. The molecule has 1 aromatic rings. The SMILES string of the molecule is CCN1CCC(CNc2nccnc2C)C1. The van der Waals surface area contributed by atoms with Crippen molar-refractivity contribution in [2.45, 2.75) is 20.3 Å². The van der Waals surface area contributed by atoms with Crippen LogP contribution in [0.5, 0.6) is 0 Å². The van der Waals surface area contributed by atoms with Crippen LogP contribution in [0.25, 0.3) is 0 Å². The predicted octanol–water partition coefficient (Wildman–Crippen LogP) is 1.54. The quantitative estimate of drug-likeness (QED) is 0.835. The summed E-state index contributed by atoms with van der Waals surface area (Å²) < 4.78 is 0. The van der Waals surface area contributed by atoms with E-state index in [2.05, 4.69) is 27.1 Å². The van der Waals surface area contributed by atoms with Crippen molar-refractivity contribution in [1.82, 2.24) is 14.9 Å². The zero-order chi connectivity index (χ0) is 11.4. The summed E-state index contributed by atoms with van der Waals surface area (Å²) in [4.78, 5) is 11.0. The minimum absolute atomic E-state index is 0.751. The van der Waals surface area contributed by atoms with Crippen molar-refractivity contribution >= 4 is 5.82 Å². The largest absolute Gasteiger partial charge is 0.368 e. The van der Waals surface area contributed by atoms with Gasteiger partial charge < -0.3 is 10.2 Å². The van der Waals surface area contributed by atoms with E-state index in [1.54, 1.807) is 12.4 Å². The Morgan fingerprint density at radius 1 is 1.44 bits per heavy atom. The van der Waals surface area contributed by atoms with E-state index in [0.717, 1.165) is 24.0 Å². The molecule has 4 heteroatoms. The second kappa shape index (κ2) is 5.25. The van der Waals surface area contributed by atoms with Crippen LogP contribution in [0.4, 0.5) is 5.82 Å². The Kier molecular flexibility index (Phi) is 3.72. The highest BCUT2D eigenvalue weighted by molar-refractivity contribution is 5.38. The molecule has 2 rings (SSSR count). The molecule has 1 aliphatic rings. The lowest BCUT2D eigenvalue weighted by Crippen LogP contribution is -2.22. The number of hydrogen-bond acceptors (Lipinski definition) is 4. The fourth-order valence-corrected chi connectivity index (χ4v) is 2.19. The Balaban J connectivity index is 1.82. The normalized spacial score (nSPS) is 21.2. The van der Waals surface area contributed by atoms with E-state index in [-0.39, 0.29) is 0 Å². The highest BCUT2D eigenvalue weighted by Crippen LogP contribution is 2.16. The van der Waals surface area contributed by atoms with Gasteiger partial charge in [0.1, 0.15) is 5.82 Å². The minimum atomic E-state index is 0.751. The summed E-state index contributed by atoms with van der Waals surface area (Å²) in [5.74, 6) is 1.68. The van der Waals surface area contributed by atoms with E-state index in [1.807, 2.05) is 6.92 Å². The zero-order valence-corrected chi connectivity index (χ0v) is 10.1. The zero-order valence-electron chi connectivity index (χ0n) is 10.1. The molecule has 0 aromatic carbocycles. The van der Waals surface area contributed by atoms with Gasteiger partial charge in [-0.1, -0.05) is 6.92 Å². The number of hydrogen-bond donors (Lipinski definition) is 1. The molecule has 1 aliphatic heterocycles. The molecular formula is C12H20N4. The highest BCUT2D eigenvalue weighted by atomic mass is 15.1. The van der Waals surface area contributed by atoms with Gasteiger partial charge in [0, 0.05) is 25.5 Å². The van der Waals surface area contributed by atoms with Crippen LogP contribution >= 0.6 is 0 Å². The molecule has 1 atom stereocenters. The molecule has 1 unspecified atom stereocenters. The second-order valence-corrected chi connectivity index (χ2v) is 4.42. The smallest absolute Gasteiger partial charge is 0.147 e. The lowest BCUT2D eigenvalue weighted by Gasteiger charge is -2.14. The second-order valence-electron chi connectivity index (χ2n) is 4.42. The fourth-order valence-electron chi connectivity index (χ4n) is 2.19. The standard InChI is InChI=1S/C12H20N4/c1-3-16-7-4-11(9-16)8-15-12-10(2)13-5-6-14-12/h5-6,11H,3-4,7-9H2,1-2H3,(H,14,15). The molecular weight excluding hydrogens is 200 g/mol. The van der Waals surface area contributed by atoms with Crippen molar-refractivity contribution in [3.63, 3.8) is 0 Å². The van der Waals surface area contributed by atoms with Crippen LogP contribution in [0.1, 0.15) is 19.0 Å². The third kappa shape index (κ3) is 2.70. The van der Waals surface area contributed by atoms with Crippen LogP contribution in [0.3, 0.4) is 0 Å². The first-order valence-corrected chi connectivity index (χ1v) is 6.03. The minimum Gasteiger partial charge on any atom is -0.368 e. The first-order chi connectivity index (χ1) is 7.79. The van der Waals surface area contributed by atoms with Crippen LogP contribution in [-0.2, 0) is 0 Å². The summed E-state index contributed by atoms with van der Waals surface area (Å²) >= 11 is 0. The third-order valence-electron chi connectivity index (χ3n) is 3.26. The number of anilines is 1. The molecule has 88 valence electrons. The van der Waals surface area contributed by atoms with Crippen molar-refractivity contribution in [3.8, 4) is 0 Å². The van der Waals surface area contributed by atoms with Crippen molar-refractivity contribution in [3.05, 3.63) is 18.1 Å². The number of aryl methyl sites for hydroxylation is 1. The van der Waals surface area contributed by atoms with Gasteiger partial charge in [-0.15, -0.1) is 0 Å². The molecule has 0 saturated carbocycles. The Bertz CT molecular complexity index is 340. The maximum atomic E-state index is 4.29. The lowest BCUT2D eigenvalue weighted by molar-refractivity contribution is 0.345. The Hall–Kier alpha value is -1.16. The molecule has 4 nitrogen and oxygen atoms in total. The van der Waals surface area contributed by atoms with Crippen LogP contribution in [-0.4, -0.2) is 41.0 Å². The number of likely N-dealkylation sites (tertiary alicyclic amines) is 1. The Labute approximate surface area is 97.1 Å². The third-order valence-corrected chi connectivity index (χ3v) is 3.26. The van der Waals surface area contributed by atoms with Gasteiger partial charge >= 0.3 is 0 Å². The van der Waals surface area contributed by atoms with Gasteiger partial charge in [-0.25, -0.2) is 4.98 Å². The van der Waals surface area contributed by atoms with E-state index >= 15 is 0 Å². The number of rotatable bonds is 4. The molecule has 1 N–H and O–H groups in total. The summed E-state index contributed by atoms with van der Waals surface area (Å²) in [6, 6.07) is 0. The van der Waals surface area contributed by atoms with Crippen LogP contribution < -0.4 is 5.32 Å².